The topological polar surface area (TPSA) is 75.7 Å². The summed E-state index contributed by atoms with van der Waals surface area (Å²) in [5, 5.41) is 0. The fraction of sp³-hybridized carbons (Fsp3) is 0.0882. The first-order valence-electron chi connectivity index (χ1n) is 13.0. The number of nitrogens with zero attached hydrogens (tertiary/aromatic N) is 1. The van der Waals surface area contributed by atoms with E-state index in [9.17, 15) is 4.79 Å². The van der Waals surface area contributed by atoms with Gasteiger partial charge < -0.3 is 9.57 Å². The standard InChI is InChI=1S/C34H30N2O4/c1-2-31(39-35)29-23-30(37)32(38-33(25-15-7-3-8-16-25)26-17-9-4-10-18-26)24-36(29)40-34(27-19-11-5-12-20-27)28-21-13-6-14-22-28/h2-24,31,33-34H,1,35H2. The minimum Gasteiger partial charge on any atom is -0.475 e. The van der Waals surface area contributed by atoms with Gasteiger partial charge in [-0.1, -0.05) is 127 Å². The van der Waals surface area contributed by atoms with Gasteiger partial charge in [-0.3, -0.25) is 9.63 Å². The SMILES string of the molecule is C=CC(ON)c1cc(=O)c(OC(c2ccccc2)c2ccccc2)cn1OC(c1ccccc1)c1ccccc1. The summed E-state index contributed by atoms with van der Waals surface area (Å²) < 4.78 is 7.94. The van der Waals surface area contributed by atoms with Crippen LogP contribution >= 0.6 is 0 Å². The second-order valence-corrected chi connectivity index (χ2v) is 9.17. The van der Waals surface area contributed by atoms with E-state index in [1.54, 1.807) is 6.20 Å². The van der Waals surface area contributed by atoms with Crippen LogP contribution in [0.2, 0.25) is 0 Å². The van der Waals surface area contributed by atoms with Crippen LogP contribution in [-0.4, -0.2) is 4.73 Å². The van der Waals surface area contributed by atoms with Crippen molar-refractivity contribution in [3.8, 4) is 5.75 Å². The lowest BCUT2D eigenvalue weighted by atomic mass is 10.0. The molecule has 5 aromatic rings. The highest BCUT2D eigenvalue weighted by atomic mass is 16.7. The molecule has 40 heavy (non-hydrogen) atoms. The van der Waals surface area contributed by atoms with E-state index in [1.165, 1.54) is 16.9 Å². The molecule has 0 aliphatic rings. The van der Waals surface area contributed by atoms with Crippen molar-refractivity contribution >= 4 is 0 Å². The summed E-state index contributed by atoms with van der Waals surface area (Å²) >= 11 is 0. The Labute approximate surface area is 233 Å². The van der Waals surface area contributed by atoms with Crippen molar-refractivity contribution < 1.29 is 14.4 Å². The van der Waals surface area contributed by atoms with E-state index in [2.05, 4.69) is 6.58 Å². The monoisotopic (exact) mass is 530 g/mol. The van der Waals surface area contributed by atoms with Gasteiger partial charge in [0.15, 0.2) is 11.9 Å². The molecule has 0 aliphatic carbocycles. The van der Waals surface area contributed by atoms with Crippen LogP contribution in [0.15, 0.2) is 151 Å². The van der Waals surface area contributed by atoms with Gasteiger partial charge >= 0.3 is 0 Å². The number of hydrogen-bond acceptors (Lipinski definition) is 5. The Hall–Kier alpha value is -4.91. The van der Waals surface area contributed by atoms with Crippen molar-refractivity contribution in [2.45, 2.75) is 18.3 Å². The largest absolute Gasteiger partial charge is 0.475 e. The van der Waals surface area contributed by atoms with Gasteiger partial charge in [0.2, 0.25) is 5.43 Å². The molecule has 6 nitrogen and oxygen atoms in total. The number of benzene rings is 4. The molecule has 200 valence electrons. The molecular formula is C34H30N2O4. The van der Waals surface area contributed by atoms with E-state index < -0.39 is 18.3 Å². The minimum atomic E-state index is -0.798. The molecule has 1 heterocycles. The van der Waals surface area contributed by atoms with Gasteiger partial charge in [-0.15, -0.1) is 6.58 Å². The van der Waals surface area contributed by atoms with Crippen LogP contribution < -0.4 is 20.9 Å². The molecule has 0 spiro atoms. The zero-order chi connectivity index (χ0) is 27.7. The normalized spacial score (nSPS) is 11.8. The molecule has 0 saturated carbocycles. The molecule has 1 aromatic heterocycles. The summed E-state index contributed by atoms with van der Waals surface area (Å²) in [5.41, 5.74) is 3.71. The van der Waals surface area contributed by atoms with E-state index in [1.807, 2.05) is 121 Å². The Morgan fingerprint density at radius 3 is 1.50 bits per heavy atom. The molecule has 1 atom stereocenters. The molecule has 0 radical (unpaired) electrons. The molecule has 4 aromatic carbocycles. The van der Waals surface area contributed by atoms with E-state index in [0.717, 1.165) is 22.3 Å². The minimum absolute atomic E-state index is 0.112. The summed E-state index contributed by atoms with van der Waals surface area (Å²) in [5.74, 6) is 5.70. The molecule has 0 fully saturated rings. The van der Waals surface area contributed by atoms with Crippen molar-refractivity contribution in [2.75, 3.05) is 0 Å². The predicted octanol–water partition coefficient (Wildman–Crippen LogP) is 6.35. The highest BCUT2D eigenvalue weighted by Crippen LogP contribution is 2.29. The molecule has 0 saturated heterocycles. The first-order valence-corrected chi connectivity index (χ1v) is 13.0. The average Bonchev–Trinajstić information content (AvgIpc) is 3.02. The summed E-state index contributed by atoms with van der Waals surface area (Å²) in [6.07, 6.45) is 1.23. The summed E-state index contributed by atoms with van der Waals surface area (Å²) in [7, 11) is 0. The number of rotatable bonds is 11. The fourth-order valence-electron chi connectivity index (χ4n) is 4.54. The van der Waals surface area contributed by atoms with Gasteiger partial charge in [0.25, 0.3) is 0 Å². The lowest BCUT2D eigenvalue weighted by Crippen LogP contribution is -2.27. The second kappa shape index (κ2) is 12.8. The highest BCUT2D eigenvalue weighted by Gasteiger charge is 2.24. The number of nitrogens with two attached hydrogens (primary N) is 1. The quantitative estimate of drug-likeness (QED) is 0.159. The maximum atomic E-state index is 13.4. The van der Waals surface area contributed by atoms with Crippen molar-refractivity contribution in [1.82, 2.24) is 4.73 Å². The van der Waals surface area contributed by atoms with E-state index in [0.29, 0.717) is 5.69 Å². The highest BCUT2D eigenvalue weighted by molar-refractivity contribution is 5.34. The Morgan fingerprint density at radius 1 is 0.675 bits per heavy atom. The zero-order valence-corrected chi connectivity index (χ0v) is 21.9. The average molecular weight is 531 g/mol. The maximum absolute atomic E-state index is 13.4. The van der Waals surface area contributed by atoms with Crippen molar-refractivity contribution in [3.63, 3.8) is 0 Å². The van der Waals surface area contributed by atoms with Gasteiger partial charge in [-0.25, -0.2) is 5.90 Å². The molecule has 0 bridgehead atoms. The first kappa shape index (κ1) is 26.7. The summed E-state index contributed by atoms with van der Waals surface area (Å²) in [6.45, 7) is 3.82. The van der Waals surface area contributed by atoms with Crippen LogP contribution in [0, 0.1) is 0 Å². The third-order valence-electron chi connectivity index (χ3n) is 6.54. The van der Waals surface area contributed by atoms with Crippen LogP contribution in [0.5, 0.6) is 5.75 Å². The second-order valence-electron chi connectivity index (χ2n) is 9.17. The fourth-order valence-corrected chi connectivity index (χ4v) is 4.54. The summed E-state index contributed by atoms with van der Waals surface area (Å²) in [4.78, 5) is 25.2. The van der Waals surface area contributed by atoms with Crippen LogP contribution in [0.3, 0.4) is 0 Å². The van der Waals surface area contributed by atoms with E-state index in [4.69, 9.17) is 20.3 Å². The number of ether oxygens (including phenoxy) is 1. The van der Waals surface area contributed by atoms with Crippen LogP contribution in [0.4, 0.5) is 0 Å². The predicted molar refractivity (Wildman–Crippen MR) is 156 cm³/mol. The van der Waals surface area contributed by atoms with Gasteiger partial charge in [-0.2, -0.15) is 4.73 Å². The van der Waals surface area contributed by atoms with Gasteiger partial charge in [-0.05, 0) is 22.3 Å². The molecular weight excluding hydrogens is 500 g/mol. The molecule has 1 unspecified atom stereocenters. The Balaban J connectivity index is 1.61. The smallest absolute Gasteiger partial charge is 0.224 e. The molecule has 2 N–H and O–H groups in total. The van der Waals surface area contributed by atoms with Crippen molar-refractivity contribution in [2.24, 2.45) is 5.90 Å². The lowest BCUT2D eigenvalue weighted by molar-refractivity contribution is 0.0210. The molecule has 0 aliphatic heterocycles. The van der Waals surface area contributed by atoms with Crippen LogP contribution in [-0.2, 0) is 4.84 Å². The third kappa shape index (κ3) is 6.04. The van der Waals surface area contributed by atoms with Gasteiger partial charge in [0.05, 0.1) is 11.9 Å². The van der Waals surface area contributed by atoms with Gasteiger partial charge in [0.1, 0.15) is 12.2 Å². The Kier molecular flexibility index (Phi) is 8.51. The molecule has 5 rings (SSSR count). The third-order valence-corrected chi connectivity index (χ3v) is 6.54. The van der Waals surface area contributed by atoms with Crippen LogP contribution in [0.25, 0.3) is 0 Å². The van der Waals surface area contributed by atoms with Crippen molar-refractivity contribution in [1.29, 1.82) is 0 Å². The molecule has 6 heteroatoms. The Bertz CT molecular complexity index is 1490. The lowest BCUT2D eigenvalue weighted by Gasteiger charge is -2.26. The van der Waals surface area contributed by atoms with Gasteiger partial charge in [0, 0.05) is 6.07 Å². The van der Waals surface area contributed by atoms with Crippen LogP contribution in [0.1, 0.15) is 46.3 Å². The van der Waals surface area contributed by atoms with E-state index >= 15 is 0 Å². The zero-order valence-electron chi connectivity index (χ0n) is 21.9. The summed E-state index contributed by atoms with van der Waals surface area (Å²) in [6, 6.07) is 40.6. The maximum Gasteiger partial charge on any atom is 0.224 e. The number of hydrogen-bond donors (Lipinski definition) is 1. The molecule has 0 amide bonds. The first-order chi connectivity index (χ1) is 19.7. The van der Waals surface area contributed by atoms with E-state index in [-0.39, 0.29) is 11.2 Å². The number of pyridine rings is 1. The Morgan fingerprint density at radius 2 is 1.10 bits per heavy atom. The van der Waals surface area contributed by atoms with Crippen molar-refractivity contribution in [3.05, 3.63) is 184 Å². The number of aromatic nitrogens is 1.